The number of hydrogen-bond acceptors (Lipinski definition) is 2. The predicted molar refractivity (Wildman–Crippen MR) is 79.0 cm³/mol. The summed E-state index contributed by atoms with van der Waals surface area (Å²) in [7, 11) is 0. The monoisotopic (exact) mass is 356 g/mol. The minimum absolute atomic E-state index is 0.360. The number of benzene rings is 2. The molecule has 2 nitrogen and oxygen atoms in total. The van der Waals surface area contributed by atoms with Crippen molar-refractivity contribution in [1.82, 2.24) is 0 Å². The highest BCUT2D eigenvalue weighted by molar-refractivity contribution is 9.10. The minimum Gasteiger partial charge on any atom is -0.488 e. The van der Waals surface area contributed by atoms with Crippen LogP contribution in [0.15, 0.2) is 40.9 Å². The average molecular weight is 358 g/mol. The number of para-hydroxylation sites is 1. The lowest BCUT2D eigenvalue weighted by Crippen LogP contribution is -2.10. The van der Waals surface area contributed by atoms with Crippen LogP contribution in [0.2, 0.25) is 5.02 Å². The van der Waals surface area contributed by atoms with E-state index in [0.29, 0.717) is 35.1 Å². The molecular formula is C15H11BrClFO2. The average Bonchev–Trinajstić information content (AvgIpc) is 2.62. The maximum Gasteiger partial charge on any atom is 0.175 e. The molecule has 0 saturated carbocycles. The van der Waals surface area contributed by atoms with E-state index in [0.717, 1.165) is 4.47 Å². The van der Waals surface area contributed by atoms with Gasteiger partial charge in [0.05, 0.1) is 11.1 Å². The molecule has 1 aliphatic rings. The van der Waals surface area contributed by atoms with E-state index in [1.165, 1.54) is 6.07 Å². The molecule has 3 rings (SSSR count). The van der Waals surface area contributed by atoms with Gasteiger partial charge in [-0.15, -0.1) is 0 Å². The van der Waals surface area contributed by atoms with E-state index >= 15 is 0 Å². The van der Waals surface area contributed by atoms with Gasteiger partial charge in [-0.05, 0) is 40.2 Å². The standard InChI is InChI=1S/C15H11BrClFO2/c16-11-2-1-3-14-15(11)19-7-6-13(20-14)10-5-4-9(17)8-12(10)18/h1-5,8,13H,6-7H2. The van der Waals surface area contributed by atoms with Crippen molar-refractivity contribution in [3.05, 3.63) is 57.3 Å². The van der Waals surface area contributed by atoms with Crippen molar-refractivity contribution in [2.75, 3.05) is 6.61 Å². The van der Waals surface area contributed by atoms with E-state index in [2.05, 4.69) is 15.9 Å². The summed E-state index contributed by atoms with van der Waals surface area (Å²) in [5.41, 5.74) is 0.492. The summed E-state index contributed by atoms with van der Waals surface area (Å²) in [4.78, 5) is 0. The van der Waals surface area contributed by atoms with Gasteiger partial charge >= 0.3 is 0 Å². The van der Waals surface area contributed by atoms with Gasteiger partial charge in [-0.25, -0.2) is 4.39 Å². The van der Waals surface area contributed by atoms with Gasteiger partial charge in [0.2, 0.25) is 0 Å². The summed E-state index contributed by atoms with van der Waals surface area (Å²) in [5.74, 6) is 0.904. The smallest absolute Gasteiger partial charge is 0.175 e. The van der Waals surface area contributed by atoms with Crippen molar-refractivity contribution in [2.45, 2.75) is 12.5 Å². The summed E-state index contributed by atoms with van der Waals surface area (Å²) in [6.45, 7) is 0.461. The number of halogens is 3. The molecule has 2 aromatic rings. The molecule has 1 unspecified atom stereocenters. The molecule has 20 heavy (non-hydrogen) atoms. The third-order valence-corrected chi connectivity index (χ3v) is 4.00. The third kappa shape index (κ3) is 2.63. The van der Waals surface area contributed by atoms with Crippen LogP contribution in [0, 0.1) is 5.82 Å². The second-order valence-corrected chi connectivity index (χ2v) is 5.77. The van der Waals surface area contributed by atoms with Crippen LogP contribution in [-0.4, -0.2) is 6.61 Å². The molecule has 1 atom stereocenters. The van der Waals surface area contributed by atoms with Crippen LogP contribution < -0.4 is 9.47 Å². The fourth-order valence-electron chi connectivity index (χ4n) is 2.18. The molecule has 0 aliphatic carbocycles. The van der Waals surface area contributed by atoms with Crippen LogP contribution in [-0.2, 0) is 0 Å². The molecule has 2 aromatic carbocycles. The van der Waals surface area contributed by atoms with Gasteiger partial charge in [-0.1, -0.05) is 23.7 Å². The third-order valence-electron chi connectivity index (χ3n) is 3.14. The van der Waals surface area contributed by atoms with Crippen LogP contribution in [0.25, 0.3) is 0 Å². The Morgan fingerprint density at radius 1 is 1.25 bits per heavy atom. The van der Waals surface area contributed by atoms with Gasteiger partial charge in [0.1, 0.15) is 11.9 Å². The van der Waals surface area contributed by atoms with E-state index in [4.69, 9.17) is 21.1 Å². The molecule has 0 amide bonds. The van der Waals surface area contributed by atoms with E-state index in [1.807, 2.05) is 18.2 Å². The highest BCUT2D eigenvalue weighted by Gasteiger charge is 2.24. The number of ether oxygens (including phenoxy) is 2. The van der Waals surface area contributed by atoms with Crippen LogP contribution >= 0.6 is 27.5 Å². The van der Waals surface area contributed by atoms with E-state index in [1.54, 1.807) is 12.1 Å². The summed E-state index contributed by atoms with van der Waals surface area (Å²) in [6, 6.07) is 10.2. The van der Waals surface area contributed by atoms with Crippen LogP contribution in [0.1, 0.15) is 18.1 Å². The molecule has 0 spiro atoms. The first-order chi connectivity index (χ1) is 9.65. The van der Waals surface area contributed by atoms with Gasteiger partial charge in [0.15, 0.2) is 11.5 Å². The number of fused-ring (bicyclic) bond motifs is 1. The highest BCUT2D eigenvalue weighted by atomic mass is 79.9. The Morgan fingerprint density at radius 2 is 2.10 bits per heavy atom. The highest BCUT2D eigenvalue weighted by Crippen LogP contribution is 2.41. The molecular weight excluding hydrogens is 347 g/mol. The quantitative estimate of drug-likeness (QED) is 0.703. The molecule has 0 saturated heterocycles. The summed E-state index contributed by atoms with van der Waals surface area (Å²) >= 11 is 9.20. The molecule has 104 valence electrons. The van der Waals surface area contributed by atoms with Crippen LogP contribution in [0.5, 0.6) is 11.5 Å². The molecule has 1 heterocycles. The zero-order chi connectivity index (χ0) is 14.1. The Hall–Kier alpha value is -1.26. The van der Waals surface area contributed by atoms with Crippen LogP contribution in [0.3, 0.4) is 0 Å². The lowest BCUT2D eigenvalue weighted by molar-refractivity contribution is 0.190. The second-order valence-electron chi connectivity index (χ2n) is 4.48. The van der Waals surface area contributed by atoms with Crippen molar-refractivity contribution >= 4 is 27.5 Å². The van der Waals surface area contributed by atoms with E-state index < -0.39 is 0 Å². The fraction of sp³-hybridized carbons (Fsp3) is 0.200. The lowest BCUT2D eigenvalue weighted by Gasteiger charge is -2.17. The Balaban J connectivity index is 1.96. The number of rotatable bonds is 1. The molecule has 0 radical (unpaired) electrons. The zero-order valence-electron chi connectivity index (χ0n) is 10.4. The Labute approximate surface area is 129 Å². The van der Waals surface area contributed by atoms with Gasteiger partial charge in [0.25, 0.3) is 0 Å². The topological polar surface area (TPSA) is 18.5 Å². The van der Waals surface area contributed by atoms with Gasteiger partial charge in [-0.3, -0.25) is 0 Å². The van der Waals surface area contributed by atoms with Crippen LogP contribution in [0.4, 0.5) is 4.39 Å². The first kappa shape index (κ1) is 13.7. The lowest BCUT2D eigenvalue weighted by atomic mass is 10.1. The molecule has 0 N–H and O–H groups in total. The van der Waals surface area contributed by atoms with E-state index in [-0.39, 0.29) is 11.9 Å². The molecule has 1 aliphatic heterocycles. The van der Waals surface area contributed by atoms with Crippen molar-refractivity contribution in [2.24, 2.45) is 0 Å². The maximum atomic E-state index is 14.0. The van der Waals surface area contributed by atoms with Crippen molar-refractivity contribution in [1.29, 1.82) is 0 Å². The summed E-state index contributed by atoms with van der Waals surface area (Å²) < 4.78 is 26.4. The zero-order valence-corrected chi connectivity index (χ0v) is 12.7. The minimum atomic E-state index is -0.386. The van der Waals surface area contributed by atoms with Crippen molar-refractivity contribution in [3.8, 4) is 11.5 Å². The second kappa shape index (κ2) is 5.62. The Bertz CT molecular complexity index is 648. The predicted octanol–water partition coefficient (Wildman–Crippen LogP) is 5.14. The van der Waals surface area contributed by atoms with Crippen molar-refractivity contribution in [3.63, 3.8) is 0 Å². The normalized spacial score (nSPS) is 17.6. The van der Waals surface area contributed by atoms with Gasteiger partial charge < -0.3 is 9.47 Å². The number of hydrogen-bond donors (Lipinski definition) is 0. The summed E-state index contributed by atoms with van der Waals surface area (Å²) in [6.07, 6.45) is 0.183. The molecule has 5 heteroatoms. The Morgan fingerprint density at radius 3 is 2.90 bits per heavy atom. The maximum absolute atomic E-state index is 14.0. The molecule has 0 fully saturated rings. The first-order valence-corrected chi connectivity index (χ1v) is 7.35. The van der Waals surface area contributed by atoms with Gasteiger partial charge in [0, 0.05) is 17.0 Å². The molecule has 0 bridgehead atoms. The first-order valence-electron chi connectivity index (χ1n) is 6.18. The van der Waals surface area contributed by atoms with Crippen molar-refractivity contribution < 1.29 is 13.9 Å². The summed E-state index contributed by atoms with van der Waals surface area (Å²) in [5, 5.41) is 0.374. The van der Waals surface area contributed by atoms with E-state index in [9.17, 15) is 4.39 Å². The Kier molecular flexibility index (Phi) is 3.85. The molecule has 0 aromatic heterocycles. The SMILES string of the molecule is Fc1cc(Cl)ccc1C1CCOc2c(Br)cccc2O1. The van der Waals surface area contributed by atoms with Gasteiger partial charge in [-0.2, -0.15) is 0 Å². The fourth-order valence-corrected chi connectivity index (χ4v) is 2.81. The largest absolute Gasteiger partial charge is 0.488 e.